The third-order valence-corrected chi connectivity index (χ3v) is 10.9. The first-order valence-corrected chi connectivity index (χ1v) is 15.8. The quantitative estimate of drug-likeness (QED) is 0.218. The van der Waals surface area contributed by atoms with Gasteiger partial charge in [0.15, 0.2) is 17.4 Å². The number of nitrogens with zero attached hydrogens (tertiary/aromatic N) is 4. The normalized spacial score (nSPS) is 31.2. The highest BCUT2D eigenvalue weighted by atomic mass is 32.7. The average molecular weight is 595 g/mol. The van der Waals surface area contributed by atoms with E-state index in [9.17, 15) is 19.6 Å². The van der Waals surface area contributed by atoms with Crippen LogP contribution in [0.4, 0.5) is 5.95 Å². The van der Waals surface area contributed by atoms with Crippen LogP contribution in [0.1, 0.15) is 38.2 Å². The van der Waals surface area contributed by atoms with Crippen molar-refractivity contribution in [1.82, 2.24) is 24.6 Å². The van der Waals surface area contributed by atoms with Crippen molar-refractivity contribution in [3.05, 3.63) is 42.2 Å². The maximum atomic E-state index is 13.5. The number of hydrogen-bond donors (Lipinski definition) is 4. The molecule has 0 bridgehead atoms. The fourth-order valence-corrected chi connectivity index (χ4v) is 8.46. The molecule has 0 aliphatic carbocycles. The molecule has 0 spiro atoms. The molecule has 5 N–H and O–H groups in total. The fraction of sp³-hybridized carbons (Fsp3) is 0.500. The molecule has 2 aromatic heterocycles. The minimum absolute atomic E-state index is 0.0751. The van der Waals surface area contributed by atoms with E-state index in [2.05, 4.69) is 20.0 Å². The van der Waals surface area contributed by atoms with Crippen molar-refractivity contribution in [3.63, 3.8) is 0 Å². The minimum Gasteiger partial charge on any atom is -0.479 e. The SMILES string of the molecule is COc1nc(N)nc2c1ncn2[C@@H]1O[C@H](COP2(=O)NC(C(=O)OC(C)c3ccccc3)CCS2)[C@@H](O)[C@@]1(C)O. The zero-order chi connectivity index (χ0) is 28.7. The standard InChI is InChI=1S/C24H31N6O8PS/c1-13(14-7-5-4-6-8-14)37-21(32)15-9-10-40-39(34,29-15)36-11-16-18(31)24(2,33)22(38-16)30-12-26-17-19(30)27-23(25)28-20(17)35-3/h4-8,12-13,15-16,18,22,31,33H,9-11H2,1-3H3,(H,29,34)(H2,25,27,28)/t13?,15?,16-,18-,22-,24-,39?/m1/s1. The van der Waals surface area contributed by atoms with Crippen molar-refractivity contribution in [2.24, 2.45) is 0 Å². The molecule has 4 heterocycles. The molecule has 1 aromatic carbocycles. The summed E-state index contributed by atoms with van der Waals surface area (Å²) in [5.74, 6) is -0.0791. The number of imidazole rings is 1. The van der Waals surface area contributed by atoms with Gasteiger partial charge in [0, 0.05) is 5.75 Å². The number of nitrogens with one attached hydrogen (secondary N) is 1. The Morgan fingerprint density at radius 2 is 2.12 bits per heavy atom. The molecular formula is C24H31N6O8PS. The van der Waals surface area contributed by atoms with E-state index in [0.29, 0.717) is 12.2 Å². The van der Waals surface area contributed by atoms with Gasteiger partial charge in [-0.2, -0.15) is 9.97 Å². The number of aliphatic hydroxyl groups excluding tert-OH is 1. The number of carbonyl (C=O) groups is 1. The number of nitrogens with two attached hydrogens (primary N) is 1. The van der Waals surface area contributed by atoms with E-state index in [1.165, 1.54) is 24.9 Å². The van der Waals surface area contributed by atoms with Crippen LogP contribution in [0.3, 0.4) is 0 Å². The molecule has 0 radical (unpaired) electrons. The van der Waals surface area contributed by atoms with Gasteiger partial charge in [-0.1, -0.05) is 41.7 Å². The molecule has 2 aliphatic heterocycles. The fourth-order valence-electron chi connectivity index (χ4n) is 4.65. The summed E-state index contributed by atoms with van der Waals surface area (Å²) in [5, 5.41) is 24.9. The monoisotopic (exact) mass is 594 g/mol. The number of methoxy groups -OCH3 is 1. The highest BCUT2D eigenvalue weighted by Gasteiger charge is 2.54. The third-order valence-electron chi connectivity index (χ3n) is 6.84. The van der Waals surface area contributed by atoms with Crippen molar-refractivity contribution in [2.45, 2.75) is 56.5 Å². The van der Waals surface area contributed by atoms with Gasteiger partial charge < -0.3 is 34.7 Å². The zero-order valence-electron chi connectivity index (χ0n) is 22.0. The predicted molar refractivity (Wildman–Crippen MR) is 145 cm³/mol. The van der Waals surface area contributed by atoms with Crippen molar-refractivity contribution in [1.29, 1.82) is 0 Å². The van der Waals surface area contributed by atoms with E-state index in [0.717, 1.165) is 16.9 Å². The summed E-state index contributed by atoms with van der Waals surface area (Å²) in [6.07, 6.45) is -2.35. The molecular weight excluding hydrogens is 563 g/mol. The average Bonchev–Trinajstić information content (AvgIpc) is 3.45. The van der Waals surface area contributed by atoms with Crippen molar-refractivity contribution >= 4 is 41.2 Å². The smallest absolute Gasteiger partial charge is 0.327 e. The number of aromatic nitrogens is 4. The minimum atomic E-state index is -3.58. The van der Waals surface area contributed by atoms with Crippen LogP contribution in [0.25, 0.3) is 11.2 Å². The first-order chi connectivity index (χ1) is 19.0. The Balaban J connectivity index is 1.25. The van der Waals surface area contributed by atoms with Crippen LogP contribution in [0, 0.1) is 0 Å². The summed E-state index contributed by atoms with van der Waals surface area (Å²) in [6, 6.07) is 8.46. The number of carbonyl (C=O) groups excluding carboxylic acids is 1. The molecule has 3 unspecified atom stereocenters. The summed E-state index contributed by atoms with van der Waals surface area (Å²) >= 11 is 1.05. The molecule has 3 aromatic rings. The van der Waals surface area contributed by atoms with Crippen LogP contribution >= 0.6 is 18.1 Å². The molecule has 2 aliphatic rings. The van der Waals surface area contributed by atoms with Crippen molar-refractivity contribution in [2.75, 3.05) is 25.2 Å². The number of nitrogen functional groups attached to an aromatic ring is 1. The number of aliphatic hydroxyl groups is 2. The molecule has 0 saturated carbocycles. The van der Waals surface area contributed by atoms with Crippen molar-refractivity contribution < 1.29 is 38.3 Å². The van der Waals surface area contributed by atoms with E-state index < -0.39 is 48.9 Å². The van der Waals surface area contributed by atoms with Crippen LogP contribution in [-0.4, -0.2) is 79.0 Å². The number of esters is 1. The number of rotatable bonds is 8. The molecule has 0 amide bonds. The van der Waals surface area contributed by atoms with Gasteiger partial charge in [0.2, 0.25) is 11.8 Å². The predicted octanol–water partition coefficient (Wildman–Crippen LogP) is 1.95. The highest BCUT2D eigenvalue weighted by molar-refractivity contribution is 8.56. The topological polar surface area (TPSA) is 193 Å². The first-order valence-electron chi connectivity index (χ1n) is 12.5. The summed E-state index contributed by atoms with van der Waals surface area (Å²) in [4.78, 5) is 25.2. The Morgan fingerprint density at radius 3 is 2.85 bits per heavy atom. The Bertz CT molecular complexity index is 1430. The Labute approximate surface area is 233 Å². The molecule has 40 heavy (non-hydrogen) atoms. The number of fused-ring (bicyclic) bond motifs is 1. The molecule has 16 heteroatoms. The molecule has 7 atom stereocenters. The Morgan fingerprint density at radius 1 is 1.38 bits per heavy atom. The van der Waals surface area contributed by atoms with Crippen molar-refractivity contribution in [3.8, 4) is 5.88 Å². The largest absolute Gasteiger partial charge is 0.479 e. The van der Waals surface area contributed by atoms with Gasteiger partial charge >= 0.3 is 12.7 Å². The lowest BCUT2D eigenvalue weighted by atomic mass is 9.96. The number of anilines is 1. The lowest BCUT2D eigenvalue weighted by Gasteiger charge is -2.30. The number of benzene rings is 1. The molecule has 216 valence electrons. The Kier molecular flexibility index (Phi) is 8.08. The second kappa shape index (κ2) is 11.2. The second-order valence-electron chi connectivity index (χ2n) is 9.70. The van der Waals surface area contributed by atoms with E-state index in [1.807, 2.05) is 30.3 Å². The Hall–Kier alpha value is -2.78. The summed E-state index contributed by atoms with van der Waals surface area (Å²) in [7, 11) is 1.41. The van der Waals surface area contributed by atoms with E-state index >= 15 is 0 Å². The summed E-state index contributed by atoms with van der Waals surface area (Å²) in [5.41, 5.74) is 5.34. The highest BCUT2D eigenvalue weighted by Crippen LogP contribution is 2.59. The van der Waals surface area contributed by atoms with E-state index in [1.54, 1.807) is 6.92 Å². The maximum absolute atomic E-state index is 13.5. The first kappa shape index (κ1) is 28.7. The lowest BCUT2D eigenvalue weighted by molar-refractivity contribution is -0.150. The molecule has 2 saturated heterocycles. The van der Waals surface area contributed by atoms with Crippen LogP contribution < -0.4 is 15.6 Å². The van der Waals surface area contributed by atoms with E-state index in [4.69, 9.17) is 24.5 Å². The zero-order valence-corrected chi connectivity index (χ0v) is 23.7. The second-order valence-corrected chi connectivity index (χ2v) is 14.1. The third kappa shape index (κ3) is 5.55. The number of hydrogen-bond acceptors (Lipinski definition) is 13. The van der Waals surface area contributed by atoms with Gasteiger partial charge in [0.1, 0.15) is 30.0 Å². The molecule has 5 rings (SSSR count). The van der Waals surface area contributed by atoms with Gasteiger partial charge in [-0.15, -0.1) is 0 Å². The number of ether oxygens (including phenoxy) is 3. The van der Waals surface area contributed by atoms with Gasteiger partial charge in [0.05, 0.1) is 20.0 Å². The van der Waals surface area contributed by atoms with Gasteiger partial charge in [-0.3, -0.25) is 13.9 Å². The molecule has 2 fully saturated rings. The van der Waals surface area contributed by atoms with Gasteiger partial charge in [-0.25, -0.2) is 10.1 Å². The summed E-state index contributed by atoms with van der Waals surface area (Å²) in [6.45, 7) is -0.748. The summed E-state index contributed by atoms with van der Waals surface area (Å²) < 4.78 is 37.4. The molecule has 14 nitrogen and oxygen atoms in total. The van der Waals surface area contributed by atoms with Crippen LogP contribution in [0.15, 0.2) is 36.7 Å². The van der Waals surface area contributed by atoms with Gasteiger partial charge in [-0.05, 0) is 25.8 Å². The van der Waals surface area contributed by atoms with Crippen LogP contribution in [0.2, 0.25) is 0 Å². The van der Waals surface area contributed by atoms with E-state index in [-0.39, 0.29) is 29.6 Å². The van der Waals surface area contributed by atoms with Crippen LogP contribution in [-0.2, 0) is 23.4 Å². The lowest BCUT2D eigenvalue weighted by Crippen LogP contribution is -2.44. The maximum Gasteiger partial charge on any atom is 0.327 e. The van der Waals surface area contributed by atoms with Crippen LogP contribution in [0.5, 0.6) is 5.88 Å². The van der Waals surface area contributed by atoms with Gasteiger partial charge in [0.25, 0.3) is 0 Å².